The molecule has 182 valence electrons. The Morgan fingerprint density at radius 2 is 1.97 bits per heavy atom. The second kappa shape index (κ2) is 10.3. The van der Waals surface area contributed by atoms with Crippen LogP contribution in [0.2, 0.25) is 0 Å². The summed E-state index contributed by atoms with van der Waals surface area (Å²) in [7, 11) is 0. The number of carbonyl (C=O) groups excluding carboxylic acids is 1. The lowest BCUT2D eigenvalue weighted by Gasteiger charge is -2.16. The molecular weight excluding hydrogens is 459 g/mol. The summed E-state index contributed by atoms with van der Waals surface area (Å²) in [6, 6.07) is 9.10. The van der Waals surface area contributed by atoms with E-state index in [1.165, 1.54) is 0 Å². The van der Waals surface area contributed by atoms with Gasteiger partial charge < -0.3 is 15.8 Å². The molecule has 3 N–H and O–H groups in total. The average molecular weight is 483 g/mol. The van der Waals surface area contributed by atoms with Crippen LogP contribution in [0.1, 0.15) is 52.5 Å². The lowest BCUT2D eigenvalue weighted by atomic mass is 9.98. The summed E-state index contributed by atoms with van der Waals surface area (Å²) in [5.41, 5.74) is 8.04. The minimum Gasteiger partial charge on any atom is -0.377 e. The molecule has 2 aromatic heterocycles. The van der Waals surface area contributed by atoms with Crippen LogP contribution in [-0.4, -0.2) is 34.1 Å². The Labute approximate surface area is 200 Å². The van der Waals surface area contributed by atoms with Gasteiger partial charge in [-0.25, -0.2) is 9.97 Å². The minimum absolute atomic E-state index is 0.00648. The fraction of sp³-hybridized carbons (Fsp3) is 0.280. The topological polar surface area (TPSA) is 103 Å². The van der Waals surface area contributed by atoms with Crippen molar-refractivity contribution in [2.75, 3.05) is 13.2 Å². The predicted molar refractivity (Wildman–Crippen MR) is 124 cm³/mol. The number of alkyl halides is 3. The van der Waals surface area contributed by atoms with E-state index in [-0.39, 0.29) is 24.2 Å². The van der Waals surface area contributed by atoms with Gasteiger partial charge in [-0.3, -0.25) is 9.78 Å². The molecule has 1 atom stereocenters. The first-order chi connectivity index (χ1) is 16.8. The van der Waals surface area contributed by atoms with E-state index in [9.17, 15) is 18.0 Å². The van der Waals surface area contributed by atoms with Gasteiger partial charge in [0.25, 0.3) is 5.91 Å². The zero-order valence-corrected chi connectivity index (χ0v) is 19.0. The summed E-state index contributed by atoms with van der Waals surface area (Å²) in [5, 5.41) is 2.90. The van der Waals surface area contributed by atoms with Gasteiger partial charge in [-0.05, 0) is 42.2 Å². The van der Waals surface area contributed by atoms with Crippen molar-refractivity contribution in [3.63, 3.8) is 0 Å². The average Bonchev–Trinajstić information content (AvgIpc) is 2.88. The van der Waals surface area contributed by atoms with E-state index >= 15 is 0 Å². The molecule has 7 nitrogen and oxygen atoms in total. The second-order valence-corrected chi connectivity index (χ2v) is 8.06. The van der Waals surface area contributed by atoms with Crippen LogP contribution >= 0.6 is 0 Å². The van der Waals surface area contributed by atoms with E-state index in [0.29, 0.717) is 42.3 Å². The van der Waals surface area contributed by atoms with Crippen molar-refractivity contribution in [2.24, 2.45) is 5.73 Å². The van der Waals surface area contributed by atoms with E-state index in [1.54, 1.807) is 36.5 Å². The smallest absolute Gasteiger partial charge is 0.377 e. The quantitative estimate of drug-likeness (QED) is 0.542. The number of nitrogens with one attached hydrogen (secondary N) is 1. The third-order valence-electron chi connectivity index (χ3n) is 5.70. The van der Waals surface area contributed by atoms with Gasteiger partial charge in [-0.15, -0.1) is 0 Å². The molecule has 0 spiro atoms. The monoisotopic (exact) mass is 483 g/mol. The van der Waals surface area contributed by atoms with E-state index in [0.717, 1.165) is 23.4 Å². The van der Waals surface area contributed by atoms with Crippen LogP contribution in [0.25, 0.3) is 16.7 Å². The molecule has 1 amide bonds. The molecule has 3 heterocycles. The standard InChI is InChI=1S/C25H24F3N5O2/c1-15(32-24(34)21-6-9-30-23(33-21)18-7-10-35-11-8-18)16-2-4-17(5-3-16)20-12-19(25(26,27)28)14-31-22(20)13-29/h2-7,9,12,14-15H,8,10-11,13,29H2,1H3,(H,32,34)/t15-/m1/s1. The summed E-state index contributed by atoms with van der Waals surface area (Å²) >= 11 is 0. The van der Waals surface area contributed by atoms with Gasteiger partial charge in [-0.2, -0.15) is 13.2 Å². The van der Waals surface area contributed by atoms with Crippen molar-refractivity contribution in [3.05, 3.63) is 83.2 Å². The van der Waals surface area contributed by atoms with Crippen molar-refractivity contribution in [2.45, 2.75) is 32.1 Å². The predicted octanol–water partition coefficient (Wildman–Crippen LogP) is 4.31. The molecule has 1 aromatic carbocycles. The molecule has 0 fully saturated rings. The first-order valence-corrected chi connectivity index (χ1v) is 11.0. The van der Waals surface area contributed by atoms with Crippen molar-refractivity contribution >= 4 is 11.5 Å². The maximum absolute atomic E-state index is 13.2. The Hall–Kier alpha value is -3.63. The molecule has 0 saturated heterocycles. The van der Waals surface area contributed by atoms with Crippen molar-refractivity contribution < 1.29 is 22.7 Å². The highest BCUT2D eigenvalue weighted by molar-refractivity contribution is 5.92. The Morgan fingerprint density at radius 3 is 2.63 bits per heavy atom. The summed E-state index contributed by atoms with van der Waals surface area (Å²) in [6.45, 7) is 2.90. The Kier molecular flexibility index (Phi) is 7.23. The Morgan fingerprint density at radius 1 is 1.20 bits per heavy atom. The zero-order chi connectivity index (χ0) is 25.0. The van der Waals surface area contributed by atoms with Gasteiger partial charge in [0, 0.05) is 24.5 Å². The van der Waals surface area contributed by atoms with E-state index in [2.05, 4.69) is 20.3 Å². The third-order valence-corrected chi connectivity index (χ3v) is 5.70. The van der Waals surface area contributed by atoms with Crippen LogP contribution in [0.15, 0.2) is 54.9 Å². The number of hydrogen-bond acceptors (Lipinski definition) is 6. The summed E-state index contributed by atoms with van der Waals surface area (Å²) in [6.07, 6.45) is 0.414. The van der Waals surface area contributed by atoms with Crippen molar-refractivity contribution in [1.82, 2.24) is 20.3 Å². The molecule has 1 aliphatic heterocycles. The van der Waals surface area contributed by atoms with Crippen LogP contribution < -0.4 is 11.1 Å². The number of nitrogens with two attached hydrogens (primary N) is 1. The fourth-order valence-corrected chi connectivity index (χ4v) is 3.74. The Bertz CT molecular complexity index is 1240. The number of halogens is 3. The lowest BCUT2D eigenvalue weighted by molar-refractivity contribution is -0.137. The van der Waals surface area contributed by atoms with Gasteiger partial charge in [0.05, 0.1) is 30.5 Å². The van der Waals surface area contributed by atoms with Crippen LogP contribution in [0, 0.1) is 0 Å². The van der Waals surface area contributed by atoms with Gasteiger partial charge >= 0.3 is 6.18 Å². The second-order valence-electron chi connectivity index (χ2n) is 8.06. The number of aromatic nitrogens is 3. The molecule has 3 aromatic rings. The number of pyridine rings is 1. The molecule has 10 heteroatoms. The Balaban J connectivity index is 1.50. The number of hydrogen-bond donors (Lipinski definition) is 2. The first kappa shape index (κ1) is 24.5. The van der Waals surface area contributed by atoms with E-state index < -0.39 is 11.7 Å². The van der Waals surface area contributed by atoms with Gasteiger partial charge in [0.2, 0.25) is 0 Å². The molecule has 4 rings (SSSR count). The molecule has 0 bridgehead atoms. The highest BCUT2D eigenvalue weighted by Gasteiger charge is 2.31. The number of rotatable bonds is 6. The van der Waals surface area contributed by atoms with Crippen LogP contribution in [0.4, 0.5) is 13.2 Å². The zero-order valence-electron chi connectivity index (χ0n) is 19.0. The summed E-state index contributed by atoms with van der Waals surface area (Å²) < 4.78 is 44.8. The van der Waals surface area contributed by atoms with Gasteiger partial charge in [-0.1, -0.05) is 30.3 Å². The van der Waals surface area contributed by atoms with E-state index in [4.69, 9.17) is 10.5 Å². The summed E-state index contributed by atoms with van der Waals surface area (Å²) in [5.74, 6) is 0.147. The van der Waals surface area contributed by atoms with Gasteiger partial charge in [0.1, 0.15) is 5.69 Å². The van der Waals surface area contributed by atoms with Crippen molar-refractivity contribution in [3.8, 4) is 11.1 Å². The van der Waals surface area contributed by atoms with Gasteiger partial charge in [0.15, 0.2) is 5.82 Å². The summed E-state index contributed by atoms with van der Waals surface area (Å²) in [4.78, 5) is 25.3. The number of nitrogens with zero attached hydrogens (tertiary/aromatic N) is 3. The maximum Gasteiger partial charge on any atom is 0.417 e. The highest BCUT2D eigenvalue weighted by Crippen LogP contribution is 2.33. The molecule has 35 heavy (non-hydrogen) atoms. The molecule has 0 unspecified atom stereocenters. The number of amides is 1. The SMILES string of the molecule is C[C@@H](NC(=O)c1ccnc(C2=CCOCC2)n1)c1ccc(-c2cc(C(F)(F)F)cnc2CN)cc1. The van der Waals surface area contributed by atoms with E-state index in [1.807, 2.05) is 13.0 Å². The highest BCUT2D eigenvalue weighted by atomic mass is 19.4. The molecule has 1 aliphatic rings. The lowest BCUT2D eigenvalue weighted by Crippen LogP contribution is -2.27. The number of carbonyl (C=O) groups is 1. The largest absolute Gasteiger partial charge is 0.417 e. The normalized spacial score (nSPS) is 14.8. The maximum atomic E-state index is 13.2. The molecule has 0 saturated carbocycles. The van der Waals surface area contributed by atoms with Crippen LogP contribution in [-0.2, 0) is 17.5 Å². The molecule has 0 aliphatic carbocycles. The van der Waals surface area contributed by atoms with Crippen LogP contribution in [0.3, 0.4) is 0 Å². The number of ether oxygens (including phenoxy) is 1. The first-order valence-electron chi connectivity index (χ1n) is 11.0. The molecular formula is C25H24F3N5O2. The van der Waals surface area contributed by atoms with Crippen LogP contribution in [0.5, 0.6) is 0 Å². The van der Waals surface area contributed by atoms with Crippen molar-refractivity contribution in [1.29, 1.82) is 0 Å². The third kappa shape index (κ3) is 5.72. The number of benzene rings is 1. The minimum atomic E-state index is -4.50. The molecule has 0 radical (unpaired) electrons. The fourth-order valence-electron chi connectivity index (χ4n) is 3.74.